The van der Waals surface area contributed by atoms with Crippen LogP contribution in [0.4, 0.5) is 0 Å². The first-order valence-electron chi connectivity index (χ1n) is 17.0. The Morgan fingerprint density at radius 3 is 1.27 bits per heavy atom. The summed E-state index contributed by atoms with van der Waals surface area (Å²) in [5.74, 6) is 11.8. The van der Waals surface area contributed by atoms with Gasteiger partial charge >= 0.3 is 11.9 Å². The van der Waals surface area contributed by atoms with E-state index < -0.39 is 24.1 Å². The van der Waals surface area contributed by atoms with Crippen LogP contribution in [-0.2, 0) is 31.9 Å². The molecular weight excluding hydrogens is 656 g/mol. The van der Waals surface area contributed by atoms with Gasteiger partial charge in [0.2, 0.25) is 0 Å². The molecule has 0 spiro atoms. The van der Waals surface area contributed by atoms with Crippen LogP contribution >= 0.6 is 0 Å². The molecule has 4 rings (SSSR count). The Morgan fingerprint density at radius 2 is 0.942 bits per heavy atom. The predicted octanol–water partition coefficient (Wildman–Crippen LogP) is 7.39. The van der Waals surface area contributed by atoms with Gasteiger partial charge in [0.05, 0.1) is 0 Å². The van der Waals surface area contributed by atoms with Crippen molar-refractivity contribution >= 4 is 11.9 Å². The molecule has 8 nitrogen and oxygen atoms in total. The van der Waals surface area contributed by atoms with Gasteiger partial charge in [0.15, 0.2) is 12.2 Å². The summed E-state index contributed by atoms with van der Waals surface area (Å²) in [5, 5.41) is 18.5. The second kappa shape index (κ2) is 21.2. The lowest BCUT2D eigenvalue weighted by Crippen LogP contribution is -2.26. The van der Waals surface area contributed by atoms with Gasteiger partial charge in [0.25, 0.3) is 0 Å². The molecule has 8 heteroatoms. The van der Waals surface area contributed by atoms with Gasteiger partial charge < -0.3 is 29.2 Å². The van der Waals surface area contributed by atoms with Gasteiger partial charge in [-0.2, -0.15) is 0 Å². The topological polar surface area (TPSA) is 112 Å². The lowest BCUT2D eigenvalue weighted by atomic mass is 10.0. The number of carboxylic acids is 2. The van der Waals surface area contributed by atoms with Crippen molar-refractivity contribution in [2.75, 3.05) is 26.4 Å². The summed E-state index contributed by atoms with van der Waals surface area (Å²) in [4.78, 5) is 22.6. The van der Waals surface area contributed by atoms with E-state index in [2.05, 4.69) is 23.7 Å². The van der Waals surface area contributed by atoms with Crippen LogP contribution in [0.3, 0.4) is 0 Å². The third-order valence-corrected chi connectivity index (χ3v) is 7.61. The smallest absolute Gasteiger partial charge is 0.333 e. The first-order chi connectivity index (χ1) is 25.3. The minimum atomic E-state index is -0.970. The summed E-state index contributed by atoms with van der Waals surface area (Å²) in [6, 6.07) is 30.7. The van der Waals surface area contributed by atoms with Crippen LogP contribution in [0, 0.1) is 23.7 Å². The Morgan fingerprint density at radius 1 is 0.577 bits per heavy atom. The molecule has 0 amide bonds. The zero-order valence-corrected chi connectivity index (χ0v) is 29.3. The molecule has 0 aliphatic carbocycles. The van der Waals surface area contributed by atoms with E-state index in [0.29, 0.717) is 50.8 Å². The number of hydrogen-bond donors (Lipinski definition) is 2. The van der Waals surface area contributed by atoms with E-state index in [1.54, 1.807) is 26.0 Å². The summed E-state index contributed by atoms with van der Waals surface area (Å²) in [6.07, 6.45) is 6.08. The van der Waals surface area contributed by atoms with Gasteiger partial charge in [0, 0.05) is 37.2 Å². The first kappa shape index (κ1) is 38.7. The third kappa shape index (κ3) is 13.3. The van der Waals surface area contributed by atoms with Gasteiger partial charge in [-0.1, -0.05) is 72.2 Å². The zero-order valence-electron chi connectivity index (χ0n) is 29.3. The quantitative estimate of drug-likeness (QED) is 0.110. The molecule has 52 heavy (non-hydrogen) atoms. The fourth-order valence-corrected chi connectivity index (χ4v) is 4.95. The molecule has 4 aromatic carbocycles. The average molecular weight is 699 g/mol. The number of aliphatic carboxylic acids is 2. The number of rotatable bonds is 17. The van der Waals surface area contributed by atoms with Crippen molar-refractivity contribution < 1.29 is 38.7 Å². The van der Waals surface area contributed by atoms with Crippen LogP contribution in [0.1, 0.15) is 36.1 Å². The third-order valence-electron chi connectivity index (χ3n) is 7.61. The summed E-state index contributed by atoms with van der Waals surface area (Å²) >= 11 is 0. The normalized spacial score (nSPS) is 12.0. The van der Waals surface area contributed by atoms with Crippen LogP contribution < -0.4 is 9.47 Å². The molecule has 4 aromatic rings. The van der Waals surface area contributed by atoms with E-state index in [-0.39, 0.29) is 0 Å². The lowest BCUT2D eigenvalue weighted by Gasteiger charge is -2.12. The molecule has 2 N–H and O–H groups in total. The van der Waals surface area contributed by atoms with Gasteiger partial charge in [-0.3, -0.25) is 0 Å². The highest BCUT2D eigenvalue weighted by molar-refractivity contribution is 5.73. The van der Waals surface area contributed by atoms with Gasteiger partial charge in [-0.15, -0.1) is 0 Å². The Balaban J connectivity index is 1.17. The monoisotopic (exact) mass is 698 g/mol. The molecule has 2 unspecified atom stereocenters. The summed E-state index contributed by atoms with van der Waals surface area (Å²) in [6.45, 7) is 4.97. The minimum Gasteiger partial charge on any atom is -0.490 e. The highest BCUT2D eigenvalue weighted by atomic mass is 16.5. The van der Waals surface area contributed by atoms with Crippen LogP contribution in [0.15, 0.2) is 121 Å². The Hall–Kier alpha value is -6.06. The molecule has 0 fully saturated rings. The summed E-state index contributed by atoms with van der Waals surface area (Å²) in [7, 11) is 0. The molecule has 0 aromatic heterocycles. The van der Waals surface area contributed by atoms with Crippen molar-refractivity contribution in [1.29, 1.82) is 0 Å². The van der Waals surface area contributed by atoms with E-state index >= 15 is 0 Å². The summed E-state index contributed by atoms with van der Waals surface area (Å²) < 4.78 is 22.0. The van der Waals surface area contributed by atoms with Crippen molar-refractivity contribution in [1.82, 2.24) is 0 Å². The number of carbonyl (C=O) groups is 2. The van der Waals surface area contributed by atoms with E-state index in [4.69, 9.17) is 18.9 Å². The Bertz CT molecular complexity index is 1760. The largest absolute Gasteiger partial charge is 0.490 e. The second-order valence-electron chi connectivity index (χ2n) is 11.4. The van der Waals surface area contributed by atoms with Gasteiger partial charge in [0.1, 0.15) is 24.7 Å². The highest BCUT2D eigenvalue weighted by Crippen LogP contribution is 2.20. The molecular formula is C44H42O8. The average Bonchev–Trinajstić information content (AvgIpc) is 3.15. The van der Waals surface area contributed by atoms with Crippen molar-refractivity contribution in [3.8, 4) is 46.3 Å². The predicted molar refractivity (Wildman–Crippen MR) is 201 cm³/mol. The zero-order chi connectivity index (χ0) is 37.0. The molecule has 0 radical (unpaired) electrons. The second-order valence-corrected chi connectivity index (χ2v) is 11.4. The minimum absolute atomic E-state index is 0.301. The van der Waals surface area contributed by atoms with Crippen molar-refractivity contribution in [2.45, 2.75) is 38.9 Å². The Kier molecular flexibility index (Phi) is 15.8. The first-order valence-corrected chi connectivity index (χ1v) is 17.0. The number of ether oxygens (including phenoxy) is 4. The molecule has 266 valence electrons. The van der Waals surface area contributed by atoms with E-state index in [1.807, 2.05) is 109 Å². The van der Waals surface area contributed by atoms with Crippen LogP contribution in [0.2, 0.25) is 0 Å². The molecule has 0 saturated carbocycles. The van der Waals surface area contributed by atoms with Crippen LogP contribution in [-0.4, -0.2) is 60.8 Å². The fraction of sp³-hybridized carbons (Fsp3) is 0.227. The van der Waals surface area contributed by atoms with Crippen molar-refractivity contribution in [2.24, 2.45) is 0 Å². The van der Waals surface area contributed by atoms with Crippen LogP contribution in [0.5, 0.6) is 11.5 Å². The maximum absolute atomic E-state index is 11.3. The number of hydrogen-bond acceptors (Lipinski definition) is 6. The maximum Gasteiger partial charge on any atom is 0.333 e. The lowest BCUT2D eigenvalue weighted by molar-refractivity contribution is -0.150. The van der Waals surface area contributed by atoms with Crippen molar-refractivity contribution in [3.05, 3.63) is 144 Å². The standard InChI is InChI=1S/C44H42O8/c1-3-49-41(43(45)46)31-35-17-25-39(26-18-35)51-29-9-5-7-11-33-13-21-37(22-14-33)38-23-15-34(16-24-38)12-8-6-10-30-52-40-27-19-36(20-28-40)32-42(44(47)48)50-4-2/h5-6,9-10,13-28,41-42H,3-4,29-32H2,1-2H3,(H,45,46)(H,47,48). The van der Waals surface area contributed by atoms with Crippen molar-refractivity contribution in [3.63, 3.8) is 0 Å². The van der Waals surface area contributed by atoms with Gasteiger partial charge in [-0.05, 0) is 109 Å². The molecule has 0 bridgehead atoms. The Labute approximate surface area is 305 Å². The number of allylic oxidation sites excluding steroid dienone is 2. The fourth-order valence-electron chi connectivity index (χ4n) is 4.95. The van der Waals surface area contributed by atoms with E-state index in [0.717, 1.165) is 33.4 Å². The molecule has 0 aliphatic heterocycles. The number of benzene rings is 4. The maximum atomic E-state index is 11.3. The van der Waals surface area contributed by atoms with Crippen LogP contribution in [0.25, 0.3) is 11.1 Å². The van der Waals surface area contributed by atoms with E-state index in [1.165, 1.54) is 0 Å². The van der Waals surface area contributed by atoms with E-state index in [9.17, 15) is 19.8 Å². The molecule has 0 aliphatic rings. The SMILES string of the molecule is CCOC(Cc1ccc(OCC=CC#Cc2ccc(-c3ccc(C#CC=CCOc4ccc(CC(OCC)C(=O)O)cc4)cc3)cc2)cc1)C(=O)O. The molecule has 0 heterocycles. The molecule has 2 atom stereocenters. The summed E-state index contributed by atoms with van der Waals surface area (Å²) in [5.41, 5.74) is 5.70. The molecule has 0 saturated heterocycles. The number of carboxylic acid groups (broad SMARTS) is 2. The highest BCUT2D eigenvalue weighted by Gasteiger charge is 2.18. The van der Waals surface area contributed by atoms with Gasteiger partial charge in [-0.25, -0.2) is 9.59 Å².